The molecule has 0 spiro atoms. The molecule has 16 nitrogen and oxygen atoms in total. The summed E-state index contributed by atoms with van der Waals surface area (Å²) in [5, 5.41) is -4.76. The van der Waals surface area contributed by atoms with E-state index in [1.165, 1.54) is 0 Å². The molecule has 0 atom stereocenters. The highest BCUT2D eigenvalue weighted by Crippen LogP contribution is 2.60. The maximum absolute atomic E-state index is 12.0. The van der Waals surface area contributed by atoms with Crippen LogP contribution in [0.4, 0.5) is 0 Å². The lowest BCUT2D eigenvalue weighted by atomic mass is 10.1. The minimum absolute atomic E-state index is 0.122. The molecule has 0 aromatic heterocycles. The molecule has 1 aromatic rings. The molecule has 0 saturated carbocycles. The smallest absolute Gasteiger partial charge is 0.341 e. The van der Waals surface area contributed by atoms with Crippen molar-refractivity contribution in [3.05, 3.63) is 35.4 Å². The average molecular weight is 624 g/mol. The molecule has 218 valence electrons. The third-order valence-corrected chi connectivity index (χ3v) is 12.9. The zero-order valence-corrected chi connectivity index (χ0v) is 24.0. The Balaban J connectivity index is 2.97. The van der Waals surface area contributed by atoms with Crippen LogP contribution in [0.3, 0.4) is 0 Å². The van der Waals surface area contributed by atoms with Crippen molar-refractivity contribution in [2.45, 2.75) is 37.5 Å². The summed E-state index contributed by atoms with van der Waals surface area (Å²) < 4.78 is 46.2. The largest absolute Gasteiger partial charge is 0.342 e. The van der Waals surface area contributed by atoms with Crippen molar-refractivity contribution in [2.24, 2.45) is 0 Å². The van der Waals surface area contributed by atoms with Crippen molar-refractivity contribution < 1.29 is 67.0 Å². The Morgan fingerprint density at radius 1 is 0.658 bits per heavy atom. The zero-order valence-electron chi connectivity index (χ0n) is 20.4. The summed E-state index contributed by atoms with van der Waals surface area (Å²) in [6.07, 6.45) is 0.245. The molecule has 0 radical (unpaired) electrons. The minimum Gasteiger partial charge on any atom is -0.341 e. The first-order valence-electron chi connectivity index (χ1n) is 10.8. The summed E-state index contributed by atoms with van der Waals surface area (Å²) in [5.74, 6) is -1.34. The van der Waals surface area contributed by atoms with E-state index < -0.39 is 66.1 Å². The standard InChI is InChI=1S/C18H32N2O14P4/c1-13(21)19(11-17(35(23,24)25)36(26,27)28)8-6-15-4-3-5-16(10-15)7-9-20(14(2)22)12-18(37(29,30)31)38(32,33)34/h3-5,10,17-18H,6-9,11-12H2,1-2H3,(H2,23,24,25)(H2,26,27,28)(H2,29,30,31)(H2,32,33,34). The molecule has 0 bridgehead atoms. The Morgan fingerprint density at radius 2 is 0.947 bits per heavy atom. The van der Waals surface area contributed by atoms with Gasteiger partial charge in [0.2, 0.25) is 11.8 Å². The lowest BCUT2D eigenvalue weighted by Gasteiger charge is -2.28. The summed E-state index contributed by atoms with van der Waals surface area (Å²) in [5.41, 5.74) is 1.21. The summed E-state index contributed by atoms with van der Waals surface area (Å²) in [6.45, 7) is 0.120. The maximum Gasteiger partial charge on any atom is 0.342 e. The number of nitrogens with zero attached hydrogens (tertiary/aromatic N) is 2. The lowest BCUT2D eigenvalue weighted by Crippen LogP contribution is -2.37. The zero-order chi connectivity index (χ0) is 29.7. The number of carbonyl (C=O) groups excluding carboxylic acids is 2. The summed E-state index contributed by atoms with van der Waals surface area (Å²) in [4.78, 5) is 100. The van der Waals surface area contributed by atoms with Crippen molar-refractivity contribution in [3.63, 3.8) is 0 Å². The summed E-state index contributed by atoms with van der Waals surface area (Å²) in [6, 6.07) is 6.55. The predicted molar refractivity (Wildman–Crippen MR) is 134 cm³/mol. The molecular formula is C18H32N2O14P4. The number of hydrogen-bond donors (Lipinski definition) is 8. The molecule has 2 amide bonds. The van der Waals surface area contributed by atoms with Crippen LogP contribution in [0.25, 0.3) is 0 Å². The molecule has 1 rings (SSSR count). The van der Waals surface area contributed by atoms with Crippen LogP contribution in [0.5, 0.6) is 0 Å². The Morgan fingerprint density at radius 3 is 1.18 bits per heavy atom. The Bertz CT molecular complexity index is 1050. The second-order valence-corrected chi connectivity index (χ2v) is 16.6. The van der Waals surface area contributed by atoms with Gasteiger partial charge in [0.1, 0.15) is 0 Å². The van der Waals surface area contributed by atoms with Crippen LogP contribution in [0.2, 0.25) is 0 Å². The van der Waals surface area contributed by atoms with Gasteiger partial charge in [0.15, 0.2) is 10.8 Å². The van der Waals surface area contributed by atoms with Crippen molar-refractivity contribution >= 4 is 42.2 Å². The van der Waals surface area contributed by atoms with Crippen LogP contribution in [0, 0.1) is 0 Å². The van der Waals surface area contributed by atoms with E-state index in [-0.39, 0.29) is 25.9 Å². The van der Waals surface area contributed by atoms with Crippen LogP contribution < -0.4 is 0 Å². The van der Waals surface area contributed by atoms with Crippen LogP contribution in [-0.2, 0) is 40.7 Å². The van der Waals surface area contributed by atoms with Gasteiger partial charge in [-0.15, -0.1) is 0 Å². The fourth-order valence-electron chi connectivity index (χ4n) is 3.43. The highest BCUT2D eigenvalue weighted by molar-refractivity contribution is 7.71. The van der Waals surface area contributed by atoms with Gasteiger partial charge in [-0.1, -0.05) is 24.3 Å². The van der Waals surface area contributed by atoms with E-state index in [0.717, 1.165) is 23.6 Å². The molecule has 20 heteroatoms. The van der Waals surface area contributed by atoms with Crippen LogP contribution in [0.1, 0.15) is 25.0 Å². The molecular weight excluding hydrogens is 592 g/mol. The highest BCUT2D eigenvalue weighted by atomic mass is 31.2. The Hall–Kier alpha value is -1.24. The first kappa shape index (κ1) is 34.8. The van der Waals surface area contributed by atoms with Crippen molar-refractivity contribution in [3.8, 4) is 0 Å². The average Bonchev–Trinajstić information content (AvgIpc) is 2.69. The molecule has 0 fully saturated rings. The van der Waals surface area contributed by atoms with Gasteiger partial charge in [0.05, 0.1) is 0 Å². The van der Waals surface area contributed by atoms with E-state index in [0.29, 0.717) is 11.1 Å². The van der Waals surface area contributed by atoms with Gasteiger partial charge >= 0.3 is 30.4 Å². The topological polar surface area (TPSA) is 271 Å². The van der Waals surface area contributed by atoms with Gasteiger partial charge < -0.3 is 48.9 Å². The van der Waals surface area contributed by atoms with Gasteiger partial charge in [-0.05, 0) is 24.0 Å². The molecule has 0 heterocycles. The lowest BCUT2D eigenvalue weighted by molar-refractivity contribution is -0.129. The Labute approximate surface area is 218 Å². The quantitative estimate of drug-likeness (QED) is 0.125. The van der Waals surface area contributed by atoms with E-state index in [1.54, 1.807) is 24.3 Å². The first-order valence-corrected chi connectivity index (χ1v) is 17.6. The molecule has 38 heavy (non-hydrogen) atoms. The molecule has 8 N–H and O–H groups in total. The van der Waals surface area contributed by atoms with Crippen LogP contribution >= 0.6 is 30.4 Å². The van der Waals surface area contributed by atoms with Gasteiger partial charge in [-0.3, -0.25) is 27.8 Å². The monoisotopic (exact) mass is 624 g/mol. The molecule has 0 aliphatic carbocycles. The van der Waals surface area contributed by atoms with E-state index in [4.69, 9.17) is 0 Å². The SMILES string of the molecule is CC(=O)N(CCc1cccc(CCN(CC(P(=O)(O)O)P(=O)(O)O)C(C)=O)c1)CC(P(=O)(O)O)P(=O)(O)O. The molecule has 0 aliphatic rings. The third kappa shape index (κ3) is 11.5. The van der Waals surface area contributed by atoms with E-state index in [2.05, 4.69) is 0 Å². The van der Waals surface area contributed by atoms with E-state index in [9.17, 15) is 67.0 Å². The number of carbonyl (C=O) groups is 2. The van der Waals surface area contributed by atoms with E-state index >= 15 is 0 Å². The highest BCUT2D eigenvalue weighted by Gasteiger charge is 2.45. The van der Waals surface area contributed by atoms with Gasteiger partial charge in [0, 0.05) is 40.0 Å². The molecule has 1 aromatic carbocycles. The number of hydrogen-bond acceptors (Lipinski definition) is 6. The van der Waals surface area contributed by atoms with Gasteiger partial charge in [-0.25, -0.2) is 0 Å². The molecule has 0 unspecified atom stereocenters. The van der Waals surface area contributed by atoms with E-state index in [1.807, 2.05) is 0 Å². The summed E-state index contributed by atoms with van der Waals surface area (Å²) in [7, 11) is -21.0. The summed E-state index contributed by atoms with van der Waals surface area (Å²) >= 11 is 0. The maximum atomic E-state index is 12.0. The van der Waals surface area contributed by atoms with Gasteiger partial charge in [0.25, 0.3) is 0 Å². The first-order chi connectivity index (χ1) is 17.0. The molecule has 0 saturated heterocycles. The third-order valence-electron chi connectivity index (χ3n) is 5.54. The predicted octanol–water partition coefficient (Wildman–Crippen LogP) is -0.168. The number of benzene rings is 1. The van der Waals surface area contributed by atoms with Crippen LogP contribution in [0.15, 0.2) is 24.3 Å². The van der Waals surface area contributed by atoms with Crippen molar-refractivity contribution in [1.29, 1.82) is 0 Å². The van der Waals surface area contributed by atoms with Crippen molar-refractivity contribution in [1.82, 2.24) is 9.80 Å². The fourth-order valence-corrected chi connectivity index (χ4v) is 8.21. The second kappa shape index (κ2) is 13.4. The number of amides is 2. The van der Waals surface area contributed by atoms with Gasteiger partial charge in [-0.2, -0.15) is 0 Å². The van der Waals surface area contributed by atoms with Crippen LogP contribution in [-0.4, -0.2) is 97.7 Å². The minimum atomic E-state index is -5.24. The normalized spacial score (nSPS) is 13.2. The molecule has 0 aliphatic heterocycles. The van der Waals surface area contributed by atoms with Crippen molar-refractivity contribution in [2.75, 3.05) is 26.2 Å². The number of rotatable bonds is 14. The Kier molecular flexibility index (Phi) is 12.3. The fraction of sp³-hybridized carbons (Fsp3) is 0.556. The second-order valence-electron chi connectivity index (χ2n) is 8.57.